The number of benzene rings is 3. The Morgan fingerprint density at radius 3 is 1.94 bits per heavy atom. The third-order valence-corrected chi connectivity index (χ3v) is 5.51. The summed E-state index contributed by atoms with van der Waals surface area (Å²) < 4.78 is 13.2. The van der Waals surface area contributed by atoms with E-state index >= 15 is 0 Å². The predicted molar refractivity (Wildman–Crippen MR) is 128 cm³/mol. The van der Waals surface area contributed by atoms with Gasteiger partial charge in [-0.3, -0.25) is 0 Å². The summed E-state index contributed by atoms with van der Waals surface area (Å²) >= 11 is 0. The average Bonchev–Trinajstić information content (AvgIpc) is 3.34. The molecule has 1 heterocycles. The van der Waals surface area contributed by atoms with Gasteiger partial charge in [0.2, 0.25) is 0 Å². The highest BCUT2D eigenvalue weighted by Crippen LogP contribution is 2.32. The van der Waals surface area contributed by atoms with E-state index in [0.717, 1.165) is 5.56 Å². The molecule has 2 unspecified atom stereocenters. The van der Waals surface area contributed by atoms with Crippen molar-refractivity contribution in [2.24, 2.45) is 0 Å². The first-order valence-electron chi connectivity index (χ1n) is 11.2. The molecule has 0 saturated carbocycles. The maximum Gasteiger partial charge on any atom is 0.349 e. The normalized spacial score (nSPS) is 12.8. The Bertz CT molecular complexity index is 1100. The topological polar surface area (TPSA) is 53.4 Å². The van der Waals surface area contributed by atoms with Crippen molar-refractivity contribution in [3.8, 4) is 5.75 Å². The summed E-state index contributed by atoms with van der Waals surface area (Å²) in [7, 11) is 0. The van der Waals surface area contributed by atoms with E-state index in [0.29, 0.717) is 12.2 Å². The maximum atomic E-state index is 12.7. The summed E-state index contributed by atoms with van der Waals surface area (Å²) in [4.78, 5) is 12.7. The SMILES string of the molecule is CCC(OC(=O)C(C)Oc1ccccc1)n1cc(C(c2ccccc2)c2ccccc2)cn1. The zero-order valence-corrected chi connectivity index (χ0v) is 18.9. The Hall–Kier alpha value is -3.86. The van der Waals surface area contributed by atoms with Gasteiger partial charge in [-0.15, -0.1) is 0 Å². The smallest absolute Gasteiger partial charge is 0.349 e. The van der Waals surface area contributed by atoms with Gasteiger partial charge in [0.25, 0.3) is 0 Å². The molecule has 0 spiro atoms. The van der Waals surface area contributed by atoms with Crippen LogP contribution in [0.1, 0.15) is 49.1 Å². The summed E-state index contributed by atoms with van der Waals surface area (Å²) in [6.45, 7) is 3.66. The van der Waals surface area contributed by atoms with Crippen LogP contribution in [0.3, 0.4) is 0 Å². The van der Waals surface area contributed by atoms with Gasteiger partial charge in [0.15, 0.2) is 12.3 Å². The molecule has 168 valence electrons. The summed E-state index contributed by atoms with van der Waals surface area (Å²) in [6.07, 6.45) is 3.17. The van der Waals surface area contributed by atoms with Gasteiger partial charge in [-0.05, 0) is 30.2 Å². The average molecular weight is 441 g/mol. The zero-order valence-electron chi connectivity index (χ0n) is 18.9. The maximum absolute atomic E-state index is 12.7. The van der Waals surface area contributed by atoms with E-state index in [1.165, 1.54) is 11.1 Å². The lowest BCUT2D eigenvalue weighted by Gasteiger charge is -2.20. The Kier molecular flexibility index (Phi) is 7.20. The van der Waals surface area contributed by atoms with E-state index in [2.05, 4.69) is 29.4 Å². The van der Waals surface area contributed by atoms with Gasteiger partial charge in [-0.1, -0.05) is 85.8 Å². The molecule has 0 aliphatic heterocycles. The van der Waals surface area contributed by atoms with Gasteiger partial charge in [0, 0.05) is 24.1 Å². The van der Waals surface area contributed by atoms with Crippen molar-refractivity contribution < 1.29 is 14.3 Å². The van der Waals surface area contributed by atoms with E-state index < -0.39 is 18.3 Å². The second-order valence-corrected chi connectivity index (χ2v) is 7.88. The zero-order chi connectivity index (χ0) is 23.0. The number of ether oxygens (including phenoxy) is 2. The van der Waals surface area contributed by atoms with Crippen molar-refractivity contribution >= 4 is 5.97 Å². The Balaban J connectivity index is 1.53. The number of hydrogen-bond acceptors (Lipinski definition) is 4. The van der Waals surface area contributed by atoms with Crippen molar-refractivity contribution in [3.05, 3.63) is 120 Å². The molecule has 33 heavy (non-hydrogen) atoms. The number of carbonyl (C=O) groups excluding carboxylic acids is 1. The lowest BCUT2D eigenvalue weighted by Crippen LogP contribution is -2.29. The van der Waals surface area contributed by atoms with Crippen LogP contribution in [0.25, 0.3) is 0 Å². The second kappa shape index (κ2) is 10.6. The molecule has 0 amide bonds. The predicted octanol–water partition coefficient (Wildman–Crippen LogP) is 5.98. The fraction of sp³-hybridized carbons (Fsp3) is 0.214. The van der Waals surface area contributed by atoms with Crippen molar-refractivity contribution in [2.75, 3.05) is 0 Å². The van der Waals surface area contributed by atoms with E-state index in [1.807, 2.05) is 86.0 Å². The Labute approximate surface area is 194 Å². The molecule has 0 bridgehead atoms. The third kappa shape index (κ3) is 5.50. The fourth-order valence-corrected chi connectivity index (χ4v) is 3.83. The molecule has 0 fully saturated rings. The number of nitrogens with zero attached hydrogens (tertiary/aromatic N) is 2. The molecule has 5 heteroatoms. The Morgan fingerprint density at radius 1 is 0.848 bits per heavy atom. The molecule has 4 aromatic rings. The van der Waals surface area contributed by atoms with E-state index in [9.17, 15) is 4.79 Å². The molecular formula is C28H28N2O3. The van der Waals surface area contributed by atoms with Gasteiger partial charge >= 0.3 is 5.97 Å². The largest absolute Gasteiger partial charge is 0.479 e. The molecule has 0 N–H and O–H groups in total. The molecule has 2 atom stereocenters. The lowest BCUT2D eigenvalue weighted by molar-refractivity contribution is -0.162. The summed E-state index contributed by atoms with van der Waals surface area (Å²) in [5.74, 6) is 0.241. The summed E-state index contributed by atoms with van der Waals surface area (Å²) in [5.41, 5.74) is 3.40. The van der Waals surface area contributed by atoms with Gasteiger partial charge < -0.3 is 9.47 Å². The number of rotatable bonds is 9. The molecular weight excluding hydrogens is 412 g/mol. The fourth-order valence-electron chi connectivity index (χ4n) is 3.83. The molecule has 0 aliphatic carbocycles. The van der Waals surface area contributed by atoms with Crippen LogP contribution in [0.2, 0.25) is 0 Å². The molecule has 0 saturated heterocycles. The van der Waals surface area contributed by atoms with E-state index in [1.54, 1.807) is 11.6 Å². The standard InChI is InChI=1S/C28H28N2O3/c1-3-26(33-28(31)21(2)32-25-17-11-6-12-18-25)30-20-24(19-29-30)27(22-13-7-4-8-14-22)23-15-9-5-10-16-23/h4-21,26-27H,3H2,1-2H3. The van der Waals surface area contributed by atoms with Crippen LogP contribution in [0.5, 0.6) is 5.75 Å². The van der Waals surface area contributed by atoms with Gasteiger partial charge in [0.1, 0.15) is 5.75 Å². The highest BCUT2D eigenvalue weighted by molar-refractivity contribution is 5.74. The molecule has 0 radical (unpaired) electrons. The van der Waals surface area contributed by atoms with Crippen LogP contribution in [0, 0.1) is 0 Å². The minimum absolute atomic E-state index is 0.0368. The molecule has 5 nitrogen and oxygen atoms in total. The van der Waals surface area contributed by atoms with Crippen LogP contribution in [0.4, 0.5) is 0 Å². The number of esters is 1. The second-order valence-electron chi connectivity index (χ2n) is 7.88. The monoisotopic (exact) mass is 440 g/mol. The van der Waals surface area contributed by atoms with Crippen LogP contribution >= 0.6 is 0 Å². The van der Waals surface area contributed by atoms with Crippen LogP contribution in [-0.4, -0.2) is 21.9 Å². The summed E-state index contributed by atoms with van der Waals surface area (Å²) in [6, 6.07) is 29.9. The van der Waals surface area contributed by atoms with Crippen LogP contribution in [0.15, 0.2) is 103 Å². The number of para-hydroxylation sites is 1. The van der Waals surface area contributed by atoms with Gasteiger partial charge in [-0.25, -0.2) is 9.48 Å². The highest BCUT2D eigenvalue weighted by atomic mass is 16.6. The third-order valence-electron chi connectivity index (χ3n) is 5.51. The lowest BCUT2D eigenvalue weighted by atomic mass is 9.87. The minimum atomic E-state index is -0.724. The Morgan fingerprint density at radius 2 is 1.39 bits per heavy atom. The highest BCUT2D eigenvalue weighted by Gasteiger charge is 2.24. The first-order chi connectivity index (χ1) is 16.2. The number of hydrogen-bond donors (Lipinski definition) is 0. The van der Waals surface area contributed by atoms with Crippen LogP contribution < -0.4 is 4.74 Å². The van der Waals surface area contributed by atoms with Gasteiger partial charge in [-0.2, -0.15) is 5.10 Å². The summed E-state index contributed by atoms with van der Waals surface area (Å²) in [5, 5.41) is 4.55. The number of carbonyl (C=O) groups is 1. The van der Waals surface area contributed by atoms with Crippen molar-refractivity contribution in [1.82, 2.24) is 9.78 Å². The molecule has 1 aromatic heterocycles. The van der Waals surface area contributed by atoms with Crippen molar-refractivity contribution in [3.63, 3.8) is 0 Å². The number of aromatic nitrogens is 2. The molecule has 3 aromatic carbocycles. The first kappa shape index (κ1) is 22.3. The molecule has 0 aliphatic rings. The van der Waals surface area contributed by atoms with Crippen LogP contribution in [-0.2, 0) is 9.53 Å². The van der Waals surface area contributed by atoms with Crippen molar-refractivity contribution in [1.29, 1.82) is 0 Å². The first-order valence-corrected chi connectivity index (χ1v) is 11.2. The molecule has 4 rings (SSSR count). The van der Waals surface area contributed by atoms with E-state index in [4.69, 9.17) is 9.47 Å². The van der Waals surface area contributed by atoms with Gasteiger partial charge in [0.05, 0.1) is 6.20 Å². The van der Waals surface area contributed by atoms with Crippen molar-refractivity contribution in [2.45, 2.75) is 38.5 Å². The quantitative estimate of drug-likeness (QED) is 0.300. The van der Waals surface area contributed by atoms with E-state index in [-0.39, 0.29) is 5.92 Å². The minimum Gasteiger partial charge on any atom is -0.479 e.